The Labute approximate surface area is 246 Å². The molecule has 4 rings (SSSR count). The van der Waals surface area contributed by atoms with Gasteiger partial charge in [0.25, 0.3) is 0 Å². The number of benzene rings is 1. The summed E-state index contributed by atoms with van der Waals surface area (Å²) in [7, 11) is 1.51. The van der Waals surface area contributed by atoms with Gasteiger partial charge in [0.2, 0.25) is 17.7 Å². The number of hydrogen-bond donors (Lipinski definition) is 5. The molecule has 0 bridgehead atoms. The molecule has 6 atom stereocenters. The molecule has 5 N–H and O–H groups in total. The number of methoxy groups -OCH3 is 1. The van der Waals surface area contributed by atoms with Crippen molar-refractivity contribution in [1.29, 1.82) is 0 Å². The van der Waals surface area contributed by atoms with Crippen LogP contribution in [0.4, 0.5) is 0 Å². The standard InChI is InChI=1S/C30H44N4O8/c1-18(32-24(35)15-22-16-31-12-13-41-22)28(38)34-25(26(36)20-8-10-21(40-3)11-9-20)29(39)33-23(14-19-6-4-5-7-19)27(37)30(2)17-42-30/h8-11,18-19,22-23,25-26,31,36H,4-7,12-17H2,1-3H3,(H,32,35)(H,33,39)(H,34,38)/t18-,22?,23-,25-,26-,30+/m0/s1. The highest BCUT2D eigenvalue weighted by atomic mass is 16.6. The van der Waals surface area contributed by atoms with E-state index in [0.717, 1.165) is 32.2 Å². The Balaban J connectivity index is 1.47. The van der Waals surface area contributed by atoms with E-state index in [-0.39, 0.29) is 30.8 Å². The summed E-state index contributed by atoms with van der Waals surface area (Å²) in [5.41, 5.74) is -0.577. The molecular weight excluding hydrogens is 544 g/mol. The second-order valence-electron chi connectivity index (χ2n) is 11.7. The SMILES string of the molecule is COc1ccc([C@H](O)[C@H](NC(=O)[C@H](C)NC(=O)CC2CNCCO2)C(=O)N[C@@H](CC2CCCC2)C(=O)[C@@]2(C)CO2)cc1. The number of carbonyl (C=O) groups is 4. The van der Waals surface area contributed by atoms with Crippen LogP contribution in [-0.2, 0) is 28.7 Å². The maximum Gasteiger partial charge on any atom is 0.246 e. The first kappa shape index (κ1) is 31.9. The van der Waals surface area contributed by atoms with E-state index in [1.807, 2.05) is 0 Å². The molecule has 2 heterocycles. The Morgan fingerprint density at radius 1 is 1.10 bits per heavy atom. The first-order valence-electron chi connectivity index (χ1n) is 14.8. The lowest BCUT2D eigenvalue weighted by Crippen LogP contribution is -2.58. The minimum atomic E-state index is -1.44. The number of amides is 3. The molecule has 0 aromatic heterocycles. The van der Waals surface area contributed by atoms with E-state index in [1.54, 1.807) is 31.2 Å². The molecule has 1 aromatic carbocycles. The van der Waals surface area contributed by atoms with Gasteiger partial charge in [-0.3, -0.25) is 19.2 Å². The minimum Gasteiger partial charge on any atom is -0.497 e. The lowest BCUT2D eigenvalue weighted by Gasteiger charge is -2.29. The summed E-state index contributed by atoms with van der Waals surface area (Å²) in [5, 5.41) is 22.5. The van der Waals surface area contributed by atoms with Crippen LogP contribution in [0.5, 0.6) is 5.75 Å². The van der Waals surface area contributed by atoms with Crippen molar-refractivity contribution in [2.75, 3.05) is 33.4 Å². The Morgan fingerprint density at radius 3 is 2.38 bits per heavy atom. The van der Waals surface area contributed by atoms with Crippen LogP contribution in [0.3, 0.4) is 0 Å². The van der Waals surface area contributed by atoms with Crippen molar-refractivity contribution in [2.24, 2.45) is 5.92 Å². The first-order chi connectivity index (χ1) is 20.1. The summed E-state index contributed by atoms with van der Waals surface area (Å²) < 4.78 is 16.1. The fourth-order valence-electron chi connectivity index (χ4n) is 5.57. The molecule has 1 unspecified atom stereocenters. The summed E-state index contributed by atoms with van der Waals surface area (Å²) in [4.78, 5) is 52.9. The zero-order valence-corrected chi connectivity index (χ0v) is 24.6. The highest BCUT2D eigenvalue weighted by Gasteiger charge is 2.50. The fourth-order valence-corrected chi connectivity index (χ4v) is 5.57. The van der Waals surface area contributed by atoms with Gasteiger partial charge in [-0.2, -0.15) is 0 Å². The van der Waals surface area contributed by atoms with Crippen molar-refractivity contribution in [1.82, 2.24) is 21.3 Å². The minimum absolute atomic E-state index is 0.0782. The van der Waals surface area contributed by atoms with E-state index in [0.29, 0.717) is 36.8 Å². The maximum absolute atomic E-state index is 13.7. The van der Waals surface area contributed by atoms with Crippen LogP contribution in [0, 0.1) is 5.92 Å². The van der Waals surface area contributed by atoms with Gasteiger partial charge >= 0.3 is 0 Å². The molecule has 2 aliphatic heterocycles. The number of ketones is 1. The third-order valence-electron chi connectivity index (χ3n) is 8.32. The molecule has 3 amide bonds. The second-order valence-corrected chi connectivity index (χ2v) is 11.7. The van der Waals surface area contributed by atoms with Crippen LogP contribution in [0.2, 0.25) is 0 Å². The molecule has 3 fully saturated rings. The van der Waals surface area contributed by atoms with Gasteiger partial charge < -0.3 is 40.6 Å². The lowest BCUT2D eigenvalue weighted by atomic mass is 9.90. The molecule has 0 spiro atoms. The number of epoxide rings is 1. The van der Waals surface area contributed by atoms with Crippen LogP contribution >= 0.6 is 0 Å². The highest BCUT2D eigenvalue weighted by molar-refractivity contribution is 5.98. The predicted molar refractivity (Wildman–Crippen MR) is 153 cm³/mol. The number of aliphatic hydroxyl groups excluding tert-OH is 1. The predicted octanol–water partition coefficient (Wildman–Crippen LogP) is 0.520. The Hall–Kier alpha value is -3.06. The monoisotopic (exact) mass is 588 g/mol. The topological polar surface area (TPSA) is 168 Å². The van der Waals surface area contributed by atoms with E-state index in [1.165, 1.54) is 14.0 Å². The lowest BCUT2D eigenvalue weighted by molar-refractivity contribution is -0.136. The van der Waals surface area contributed by atoms with Gasteiger partial charge in [-0.15, -0.1) is 0 Å². The van der Waals surface area contributed by atoms with Crippen molar-refractivity contribution in [3.05, 3.63) is 29.8 Å². The van der Waals surface area contributed by atoms with Crippen molar-refractivity contribution < 1.29 is 38.5 Å². The summed E-state index contributed by atoms with van der Waals surface area (Å²) in [6.07, 6.45) is 2.92. The van der Waals surface area contributed by atoms with Gasteiger partial charge in [0.05, 0.1) is 38.9 Å². The van der Waals surface area contributed by atoms with Gasteiger partial charge in [0.1, 0.15) is 29.5 Å². The molecule has 3 aliphatic rings. The number of hydrogen-bond acceptors (Lipinski definition) is 9. The number of Topliss-reactive ketones (excluding diaryl/α,β-unsaturated/α-hetero) is 1. The van der Waals surface area contributed by atoms with Gasteiger partial charge in [0, 0.05) is 13.1 Å². The van der Waals surface area contributed by atoms with Crippen LogP contribution in [-0.4, -0.2) is 91.9 Å². The Kier molecular flexibility index (Phi) is 10.9. The van der Waals surface area contributed by atoms with Crippen molar-refractivity contribution in [3.63, 3.8) is 0 Å². The van der Waals surface area contributed by atoms with E-state index in [9.17, 15) is 24.3 Å². The summed E-state index contributed by atoms with van der Waals surface area (Å²) in [6, 6.07) is 3.21. The zero-order valence-electron chi connectivity index (χ0n) is 24.6. The smallest absolute Gasteiger partial charge is 0.246 e. The normalized spacial score (nSPS) is 25.0. The largest absolute Gasteiger partial charge is 0.497 e. The number of carbonyl (C=O) groups excluding carboxylic acids is 4. The number of ether oxygens (including phenoxy) is 3. The first-order valence-corrected chi connectivity index (χ1v) is 14.8. The van der Waals surface area contributed by atoms with Crippen LogP contribution in [0.15, 0.2) is 24.3 Å². The molecule has 1 aliphatic carbocycles. The van der Waals surface area contributed by atoms with Crippen LogP contribution in [0.1, 0.15) is 64.0 Å². The van der Waals surface area contributed by atoms with Gasteiger partial charge in [-0.25, -0.2) is 0 Å². The summed E-state index contributed by atoms with van der Waals surface area (Å²) in [5.74, 6) is -1.10. The molecule has 42 heavy (non-hydrogen) atoms. The molecule has 12 heteroatoms. The number of nitrogens with one attached hydrogen (secondary N) is 4. The molecule has 0 radical (unpaired) electrons. The van der Waals surface area contributed by atoms with Gasteiger partial charge in [0.15, 0.2) is 5.78 Å². The Morgan fingerprint density at radius 2 is 1.79 bits per heavy atom. The summed E-state index contributed by atoms with van der Waals surface area (Å²) >= 11 is 0. The zero-order chi connectivity index (χ0) is 30.3. The Bertz CT molecular complexity index is 1100. The second kappa shape index (κ2) is 14.4. The summed E-state index contributed by atoms with van der Waals surface area (Å²) in [6.45, 7) is 5.25. The van der Waals surface area contributed by atoms with Crippen molar-refractivity contribution in [2.45, 2.75) is 88.3 Å². The number of aliphatic hydroxyl groups is 1. The van der Waals surface area contributed by atoms with Crippen molar-refractivity contribution in [3.8, 4) is 5.75 Å². The van der Waals surface area contributed by atoms with E-state index in [4.69, 9.17) is 14.2 Å². The average Bonchev–Trinajstić information content (AvgIpc) is 3.53. The third-order valence-corrected chi connectivity index (χ3v) is 8.32. The van der Waals surface area contributed by atoms with E-state index in [2.05, 4.69) is 21.3 Å². The molecule has 232 valence electrons. The molecule has 12 nitrogen and oxygen atoms in total. The molecular formula is C30H44N4O8. The van der Waals surface area contributed by atoms with Crippen LogP contribution in [0.25, 0.3) is 0 Å². The van der Waals surface area contributed by atoms with E-state index >= 15 is 0 Å². The van der Waals surface area contributed by atoms with Crippen LogP contribution < -0.4 is 26.0 Å². The molecule has 2 saturated heterocycles. The van der Waals surface area contributed by atoms with Crippen molar-refractivity contribution >= 4 is 23.5 Å². The highest BCUT2D eigenvalue weighted by Crippen LogP contribution is 2.33. The quantitative estimate of drug-likeness (QED) is 0.195. The van der Waals surface area contributed by atoms with Gasteiger partial charge in [-0.05, 0) is 43.9 Å². The average molecular weight is 589 g/mol. The molecule has 1 saturated carbocycles. The molecule has 1 aromatic rings. The van der Waals surface area contributed by atoms with Gasteiger partial charge in [-0.1, -0.05) is 37.8 Å². The van der Waals surface area contributed by atoms with E-state index < -0.39 is 41.6 Å². The maximum atomic E-state index is 13.7. The number of morpholine rings is 1. The third kappa shape index (κ3) is 8.50. The fraction of sp³-hybridized carbons (Fsp3) is 0.667. The number of rotatable bonds is 14.